The van der Waals surface area contributed by atoms with E-state index in [1.54, 1.807) is 0 Å². The van der Waals surface area contributed by atoms with Gasteiger partial charge in [-0.1, -0.05) is 0 Å². The SMILES string of the molecule is CS(=O)(=O)NCCN1CCCCS1(=O)=O. The van der Waals surface area contributed by atoms with Crippen LogP contribution in [0.2, 0.25) is 0 Å². The largest absolute Gasteiger partial charge is 0.214 e. The molecule has 0 bridgehead atoms. The standard InChI is InChI=1S/C7H16N2O4S2/c1-14(10,11)8-4-6-9-5-2-3-7-15(9,12)13/h8H,2-7H2,1H3. The maximum atomic E-state index is 11.5. The molecule has 0 radical (unpaired) electrons. The molecule has 0 spiro atoms. The molecule has 0 aromatic heterocycles. The molecule has 90 valence electrons. The summed E-state index contributed by atoms with van der Waals surface area (Å²) in [6.45, 7) is 0.848. The second kappa shape index (κ2) is 4.77. The van der Waals surface area contributed by atoms with E-state index in [9.17, 15) is 16.8 Å². The molecule has 1 aliphatic rings. The molecule has 15 heavy (non-hydrogen) atoms. The Morgan fingerprint density at radius 3 is 2.53 bits per heavy atom. The van der Waals surface area contributed by atoms with Gasteiger partial charge in [-0.3, -0.25) is 0 Å². The Labute approximate surface area is 90.8 Å². The van der Waals surface area contributed by atoms with Crippen LogP contribution >= 0.6 is 0 Å². The van der Waals surface area contributed by atoms with Gasteiger partial charge in [0.25, 0.3) is 0 Å². The van der Waals surface area contributed by atoms with Crippen LogP contribution in [0.3, 0.4) is 0 Å². The van der Waals surface area contributed by atoms with Crippen molar-refractivity contribution in [2.24, 2.45) is 0 Å². The fourth-order valence-electron chi connectivity index (χ4n) is 1.45. The van der Waals surface area contributed by atoms with Crippen LogP contribution in [0.15, 0.2) is 0 Å². The van der Waals surface area contributed by atoms with Crippen LogP contribution in [0.1, 0.15) is 12.8 Å². The van der Waals surface area contributed by atoms with Gasteiger partial charge in [0.1, 0.15) is 0 Å². The molecule has 0 aromatic carbocycles. The van der Waals surface area contributed by atoms with Gasteiger partial charge in [-0.2, -0.15) is 0 Å². The molecule has 0 saturated carbocycles. The van der Waals surface area contributed by atoms with Crippen LogP contribution in [-0.4, -0.2) is 52.8 Å². The number of rotatable bonds is 4. The van der Waals surface area contributed by atoms with Crippen LogP contribution in [0, 0.1) is 0 Å². The quantitative estimate of drug-likeness (QED) is 0.696. The van der Waals surface area contributed by atoms with E-state index < -0.39 is 20.0 Å². The van der Waals surface area contributed by atoms with Crippen LogP contribution in [0.5, 0.6) is 0 Å². The van der Waals surface area contributed by atoms with Crippen molar-refractivity contribution < 1.29 is 16.8 Å². The van der Waals surface area contributed by atoms with Gasteiger partial charge in [-0.15, -0.1) is 0 Å². The molecule has 1 rings (SSSR count). The van der Waals surface area contributed by atoms with Gasteiger partial charge >= 0.3 is 0 Å². The Hall–Kier alpha value is -0.180. The van der Waals surface area contributed by atoms with Gasteiger partial charge < -0.3 is 0 Å². The summed E-state index contributed by atoms with van der Waals surface area (Å²) in [5.41, 5.74) is 0. The summed E-state index contributed by atoms with van der Waals surface area (Å²) in [5, 5.41) is 0. The highest BCUT2D eigenvalue weighted by Crippen LogP contribution is 2.12. The molecular formula is C7H16N2O4S2. The van der Waals surface area contributed by atoms with E-state index >= 15 is 0 Å². The molecule has 1 saturated heterocycles. The van der Waals surface area contributed by atoms with Gasteiger partial charge in [0, 0.05) is 19.6 Å². The van der Waals surface area contributed by atoms with E-state index in [0.29, 0.717) is 13.0 Å². The topological polar surface area (TPSA) is 83.6 Å². The molecule has 1 N–H and O–H groups in total. The molecule has 1 aliphatic heterocycles. The van der Waals surface area contributed by atoms with Crippen LogP contribution < -0.4 is 4.72 Å². The minimum absolute atomic E-state index is 0.137. The zero-order chi connectivity index (χ0) is 11.5. The van der Waals surface area contributed by atoms with Crippen molar-refractivity contribution in [1.29, 1.82) is 0 Å². The molecular weight excluding hydrogens is 240 g/mol. The van der Waals surface area contributed by atoms with E-state index in [4.69, 9.17) is 0 Å². The molecule has 0 aromatic rings. The third-order valence-electron chi connectivity index (χ3n) is 2.18. The summed E-state index contributed by atoms with van der Waals surface area (Å²) in [7, 11) is -6.38. The number of nitrogens with one attached hydrogen (secondary N) is 1. The number of hydrogen-bond donors (Lipinski definition) is 1. The number of nitrogens with zero attached hydrogens (tertiary/aromatic N) is 1. The van der Waals surface area contributed by atoms with Gasteiger partial charge in [-0.25, -0.2) is 25.9 Å². The number of sulfonamides is 2. The minimum Gasteiger partial charge on any atom is -0.214 e. The van der Waals surface area contributed by atoms with Gasteiger partial charge in [0.15, 0.2) is 0 Å². The average molecular weight is 256 g/mol. The number of hydrogen-bond acceptors (Lipinski definition) is 4. The first-order valence-electron chi connectivity index (χ1n) is 4.74. The van der Waals surface area contributed by atoms with E-state index in [1.807, 2.05) is 0 Å². The third-order valence-corrected chi connectivity index (χ3v) is 4.86. The second-order valence-corrected chi connectivity index (χ2v) is 7.51. The van der Waals surface area contributed by atoms with Crippen molar-refractivity contribution in [2.45, 2.75) is 12.8 Å². The predicted octanol–water partition coefficient (Wildman–Crippen LogP) is -1.04. The predicted molar refractivity (Wildman–Crippen MR) is 57.4 cm³/mol. The highest BCUT2D eigenvalue weighted by molar-refractivity contribution is 7.89. The summed E-state index contributed by atoms with van der Waals surface area (Å²) in [5.74, 6) is 0.172. The Bertz CT molecular complexity index is 401. The molecule has 0 amide bonds. The van der Waals surface area contributed by atoms with E-state index in [2.05, 4.69) is 4.72 Å². The van der Waals surface area contributed by atoms with Crippen molar-refractivity contribution in [3.8, 4) is 0 Å². The first kappa shape index (κ1) is 12.9. The summed E-state index contributed by atoms with van der Waals surface area (Å²) >= 11 is 0. The molecule has 0 atom stereocenters. The lowest BCUT2D eigenvalue weighted by atomic mass is 10.3. The van der Waals surface area contributed by atoms with Crippen molar-refractivity contribution in [3.05, 3.63) is 0 Å². The molecule has 1 heterocycles. The summed E-state index contributed by atoms with van der Waals surface area (Å²) in [6, 6.07) is 0. The normalized spacial score (nSPS) is 22.7. The van der Waals surface area contributed by atoms with Crippen molar-refractivity contribution in [1.82, 2.24) is 9.03 Å². The highest BCUT2D eigenvalue weighted by Gasteiger charge is 2.25. The molecule has 1 fully saturated rings. The average Bonchev–Trinajstić information content (AvgIpc) is 2.05. The summed E-state index contributed by atoms with van der Waals surface area (Å²) < 4.78 is 48.1. The molecule has 0 aliphatic carbocycles. The Morgan fingerprint density at radius 1 is 1.33 bits per heavy atom. The lowest BCUT2D eigenvalue weighted by molar-refractivity contribution is 0.386. The first-order chi connectivity index (χ1) is 6.81. The lowest BCUT2D eigenvalue weighted by Gasteiger charge is -2.25. The summed E-state index contributed by atoms with van der Waals surface area (Å²) in [6.07, 6.45) is 2.59. The fraction of sp³-hybridized carbons (Fsp3) is 1.00. The van der Waals surface area contributed by atoms with Gasteiger partial charge in [0.05, 0.1) is 12.0 Å². The maximum Gasteiger partial charge on any atom is 0.214 e. The van der Waals surface area contributed by atoms with E-state index in [0.717, 1.165) is 12.7 Å². The minimum atomic E-state index is -3.23. The van der Waals surface area contributed by atoms with Crippen molar-refractivity contribution in [2.75, 3.05) is 31.6 Å². The smallest absolute Gasteiger partial charge is 0.214 e. The van der Waals surface area contributed by atoms with Crippen LogP contribution in [-0.2, 0) is 20.0 Å². The van der Waals surface area contributed by atoms with Crippen molar-refractivity contribution >= 4 is 20.0 Å². The zero-order valence-corrected chi connectivity index (χ0v) is 10.3. The highest BCUT2D eigenvalue weighted by atomic mass is 32.2. The third kappa shape index (κ3) is 4.45. The molecule has 0 unspecified atom stereocenters. The van der Waals surface area contributed by atoms with E-state index in [1.165, 1.54) is 4.31 Å². The maximum absolute atomic E-state index is 11.5. The van der Waals surface area contributed by atoms with Gasteiger partial charge in [-0.05, 0) is 12.8 Å². The lowest BCUT2D eigenvalue weighted by Crippen LogP contribution is -2.42. The Balaban J connectivity index is 2.44. The van der Waals surface area contributed by atoms with Crippen LogP contribution in [0.25, 0.3) is 0 Å². The first-order valence-corrected chi connectivity index (χ1v) is 8.24. The Kier molecular flexibility index (Phi) is 4.10. The van der Waals surface area contributed by atoms with Gasteiger partial charge in [0.2, 0.25) is 20.0 Å². The molecule has 6 nitrogen and oxygen atoms in total. The summed E-state index contributed by atoms with van der Waals surface area (Å²) in [4.78, 5) is 0. The zero-order valence-electron chi connectivity index (χ0n) is 8.64. The van der Waals surface area contributed by atoms with Crippen molar-refractivity contribution in [3.63, 3.8) is 0 Å². The molecule has 8 heteroatoms. The second-order valence-electron chi connectivity index (χ2n) is 3.59. The van der Waals surface area contributed by atoms with Crippen LogP contribution in [0.4, 0.5) is 0 Å². The monoisotopic (exact) mass is 256 g/mol. The Morgan fingerprint density at radius 2 is 2.00 bits per heavy atom. The fourth-order valence-corrected chi connectivity index (χ4v) is 3.51. The van der Waals surface area contributed by atoms with E-state index in [-0.39, 0.29) is 18.8 Å².